The molecule has 0 saturated carbocycles. The van der Waals surface area contributed by atoms with Crippen molar-refractivity contribution in [2.24, 2.45) is 5.73 Å². The number of rotatable bonds is 6. The highest BCUT2D eigenvalue weighted by molar-refractivity contribution is 5.22. The van der Waals surface area contributed by atoms with Crippen molar-refractivity contribution < 1.29 is 14.2 Å². The van der Waals surface area contributed by atoms with Gasteiger partial charge in [0.05, 0.1) is 26.9 Å². The number of methoxy groups -OCH3 is 2. The fraction of sp³-hybridized carbons (Fsp3) is 0.556. The molecule has 0 saturated heterocycles. The summed E-state index contributed by atoms with van der Waals surface area (Å²) in [6, 6.07) is 1.81. The van der Waals surface area contributed by atoms with E-state index < -0.39 is 0 Å². The molecule has 1 aromatic heterocycles. The zero-order valence-corrected chi connectivity index (χ0v) is 8.90. The number of nitrogens with zero attached hydrogens (tertiary/aromatic N) is 2. The first kappa shape index (κ1) is 11.5. The highest BCUT2D eigenvalue weighted by Gasteiger charge is 2.05. The Morgan fingerprint density at radius 2 is 1.80 bits per heavy atom. The van der Waals surface area contributed by atoms with Crippen LogP contribution in [0.2, 0.25) is 0 Å². The van der Waals surface area contributed by atoms with Gasteiger partial charge in [-0.2, -0.15) is 9.97 Å². The van der Waals surface area contributed by atoms with Crippen molar-refractivity contribution in [2.75, 3.05) is 27.4 Å². The lowest BCUT2D eigenvalue weighted by Crippen LogP contribution is -2.08. The third-order valence-corrected chi connectivity index (χ3v) is 1.66. The predicted octanol–water partition coefficient (Wildman–Crippen LogP) is 0.221. The number of hydrogen-bond acceptors (Lipinski definition) is 6. The average Bonchev–Trinajstić information content (AvgIpc) is 2.29. The van der Waals surface area contributed by atoms with Gasteiger partial charge in [0, 0.05) is 0 Å². The van der Waals surface area contributed by atoms with E-state index in [1.807, 2.05) is 0 Å². The summed E-state index contributed by atoms with van der Waals surface area (Å²) in [6.45, 7) is 1.05. The number of nitrogens with two attached hydrogens (primary N) is 1. The van der Waals surface area contributed by atoms with Crippen LogP contribution >= 0.6 is 0 Å². The van der Waals surface area contributed by atoms with E-state index in [2.05, 4.69) is 9.97 Å². The minimum atomic E-state index is 0.236. The smallest absolute Gasteiger partial charge is 0.323 e. The normalized spacial score (nSPS) is 9.80. The number of ether oxygens (including phenoxy) is 3. The molecule has 15 heavy (non-hydrogen) atoms. The molecule has 0 spiro atoms. The van der Waals surface area contributed by atoms with Gasteiger partial charge < -0.3 is 19.9 Å². The zero-order valence-electron chi connectivity index (χ0n) is 8.90. The van der Waals surface area contributed by atoms with Gasteiger partial charge in [0.2, 0.25) is 11.8 Å². The molecule has 1 aromatic rings. The molecule has 0 aliphatic carbocycles. The third-order valence-electron chi connectivity index (χ3n) is 1.66. The summed E-state index contributed by atoms with van der Waals surface area (Å²) in [5.41, 5.74) is 5.33. The molecule has 1 heterocycles. The van der Waals surface area contributed by atoms with E-state index in [9.17, 15) is 0 Å². The third kappa shape index (κ3) is 3.59. The van der Waals surface area contributed by atoms with Crippen molar-refractivity contribution >= 4 is 0 Å². The van der Waals surface area contributed by atoms with Crippen LogP contribution in [-0.4, -0.2) is 37.3 Å². The topological polar surface area (TPSA) is 79.5 Å². The van der Waals surface area contributed by atoms with Gasteiger partial charge in [0.1, 0.15) is 0 Å². The molecular formula is C9H15N3O3. The van der Waals surface area contributed by atoms with E-state index >= 15 is 0 Å². The van der Waals surface area contributed by atoms with Gasteiger partial charge in [-0.05, 0) is 13.0 Å². The first-order chi connectivity index (χ1) is 7.30. The summed E-state index contributed by atoms with van der Waals surface area (Å²) in [4.78, 5) is 7.99. The van der Waals surface area contributed by atoms with E-state index in [0.29, 0.717) is 24.9 Å². The SMILES string of the molecule is COc1cc(OC)nc(OCCCN)n1. The van der Waals surface area contributed by atoms with E-state index in [1.165, 1.54) is 14.2 Å². The summed E-state index contributed by atoms with van der Waals surface area (Å²) < 4.78 is 15.2. The molecule has 0 aliphatic rings. The minimum Gasteiger partial charge on any atom is -0.481 e. The fourth-order valence-electron chi connectivity index (χ4n) is 0.904. The molecule has 0 radical (unpaired) electrons. The van der Waals surface area contributed by atoms with Gasteiger partial charge in [-0.25, -0.2) is 0 Å². The van der Waals surface area contributed by atoms with Crippen molar-refractivity contribution in [1.29, 1.82) is 0 Å². The zero-order chi connectivity index (χ0) is 11.1. The molecule has 0 amide bonds. The van der Waals surface area contributed by atoms with E-state index in [0.717, 1.165) is 6.42 Å². The second-order valence-electron chi connectivity index (χ2n) is 2.73. The first-order valence-electron chi connectivity index (χ1n) is 4.60. The lowest BCUT2D eigenvalue weighted by atomic mass is 10.5. The molecule has 84 valence electrons. The second-order valence-corrected chi connectivity index (χ2v) is 2.73. The first-order valence-corrected chi connectivity index (χ1v) is 4.60. The van der Waals surface area contributed by atoms with Gasteiger partial charge in [-0.3, -0.25) is 0 Å². The molecule has 6 heteroatoms. The summed E-state index contributed by atoms with van der Waals surface area (Å²) in [6.07, 6.45) is 0.753. The van der Waals surface area contributed by atoms with E-state index in [4.69, 9.17) is 19.9 Å². The van der Waals surface area contributed by atoms with Crippen LogP contribution in [0.5, 0.6) is 17.8 Å². The second kappa shape index (κ2) is 6.02. The standard InChI is InChI=1S/C9H15N3O3/c1-13-7-6-8(14-2)12-9(11-7)15-5-3-4-10/h6H,3-5,10H2,1-2H3. The Bertz CT molecular complexity index is 284. The maximum absolute atomic E-state index is 5.33. The fourth-order valence-corrected chi connectivity index (χ4v) is 0.904. The van der Waals surface area contributed by atoms with Crippen LogP contribution in [0.25, 0.3) is 0 Å². The Morgan fingerprint density at radius 1 is 1.20 bits per heavy atom. The summed E-state index contributed by atoms with van der Waals surface area (Å²) >= 11 is 0. The molecule has 0 aliphatic heterocycles. The molecule has 1 rings (SSSR count). The monoisotopic (exact) mass is 213 g/mol. The van der Waals surface area contributed by atoms with Gasteiger partial charge in [0.15, 0.2) is 0 Å². The quantitative estimate of drug-likeness (QED) is 0.681. The summed E-state index contributed by atoms with van der Waals surface area (Å²) in [5, 5.41) is 0. The number of aromatic nitrogens is 2. The van der Waals surface area contributed by atoms with Gasteiger partial charge >= 0.3 is 6.01 Å². The van der Waals surface area contributed by atoms with Crippen molar-refractivity contribution in [3.63, 3.8) is 0 Å². The molecule has 0 atom stereocenters. The van der Waals surface area contributed by atoms with Crippen LogP contribution < -0.4 is 19.9 Å². The van der Waals surface area contributed by atoms with Crippen LogP contribution in [-0.2, 0) is 0 Å². The largest absolute Gasteiger partial charge is 0.481 e. The van der Waals surface area contributed by atoms with E-state index in [1.54, 1.807) is 6.07 Å². The summed E-state index contributed by atoms with van der Waals surface area (Å²) in [5.74, 6) is 0.814. The van der Waals surface area contributed by atoms with Gasteiger partial charge in [-0.1, -0.05) is 0 Å². The van der Waals surface area contributed by atoms with Crippen molar-refractivity contribution in [1.82, 2.24) is 9.97 Å². The maximum atomic E-state index is 5.33. The van der Waals surface area contributed by atoms with Gasteiger partial charge in [-0.15, -0.1) is 0 Å². The van der Waals surface area contributed by atoms with Crippen LogP contribution in [0.4, 0.5) is 0 Å². The Kier molecular flexibility index (Phi) is 4.62. The van der Waals surface area contributed by atoms with Crippen LogP contribution in [0.15, 0.2) is 6.07 Å². The van der Waals surface area contributed by atoms with E-state index in [-0.39, 0.29) is 6.01 Å². The summed E-state index contributed by atoms with van der Waals surface area (Å²) in [7, 11) is 3.04. The van der Waals surface area contributed by atoms with Crippen LogP contribution in [0.1, 0.15) is 6.42 Å². The number of hydrogen-bond donors (Lipinski definition) is 1. The molecular weight excluding hydrogens is 198 g/mol. The Hall–Kier alpha value is -1.56. The highest BCUT2D eigenvalue weighted by Crippen LogP contribution is 2.18. The van der Waals surface area contributed by atoms with Gasteiger partial charge in [0.25, 0.3) is 0 Å². The molecule has 0 bridgehead atoms. The maximum Gasteiger partial charge on any atom is 0.323 e. The Labute approximate surface area is 88.4 Å². The Balaban J connectivity index is 2.68. The molecule has 0 unspecified atom stereocenters. The highest BCUT2D eigenvalue weighted by atomic mass is 16.5. The van der Waals surface area contributed by atoms with Crippen molar-refractivity contribution in [2.45, 2.75) is 6.42 Å². The predicted molar refractivity (Wildman–Crippen MR) is 54.3 cm³/mol. The Morgan fingerprint density at radius 3 is 2.27 bits per heavy atom. The minimum absolute atomic E-state index is 0.236. The molecule has 0 fully saturated rings. The lowest BCUT2D eigenvalue weighted by Gasteiger charge is -2.06. The average molecular weight is 213 g/mol. The molecule has 2 N–H and O–H groups in total. The molecule has 0 aromatic carbocycles. The lowest BCUT2D eigenvalue weighted by molar-refractivity contribution is 0.273. The van der Waals surface area contributed by atoms with Crippen LogP contribution in [0.3, 0.4) is 0 Å². The van der Waals surface area contributed by atoms with Crippen LogP contribution in [0, 0.1) is 0 Å². The van der Waals surface area contributed by atoms with Crippen molar-refractivity contribution in [3.8, 4) is 17.8 Å². The van der Waals surface area contributed by atoms with Crippen molar-refractivity contribution in [3.05, 3.63) is 6.07 Å². The molecule has 6 nitrogen and oxygen atoms in total.